The van der Waals surface area contributed by atoms with E-state index >= 15 is 0 Å². The Bertz CT molecular complexity index is 1930. The molecule has 0 radical (unpaired) electrons. The first-order valence-electron chi connectivity index (χ1n) is 14.1. The van der Waals surface area contributed by atoms with E-state index in [4.69, 9.17) is 4.42 Å². The molecule has 1 N–H and O–H groups in total. The van der Waals surface area contributed by atoms with Crippen LogP contribution in [0.4, 0.5) is 5.69 Å². The monoisotopic (exact) mass is 519 g/mol. The molecule has 0 aliphatic heterocycles. The highest BCUT2D eigenvalue weighted by molar-refractivity contribution is 6.09. The Morgan fingerprint density at radius 2 is 1.43 bits per heavy atom. The van der Waals surface area contributed by atoms with Gasteiger partial charge in [-0.1, -0.05) is 124 Å². The lowest BCUT2D eigenvalue weighted by molar-refractivity contribution is 0.572. The minimum atomic E-state index is 0.0180. The van der Waals surface area contributed by atoms with Crippen LogP contribution < -0.4 is 5.32 Å². The Kier molecular flexibility index (Phi) is 5.86. The molecule has 1 aliphatic rings. The van der Waals surface area contributed by atoms with Crippen LogP contribution in [-0.4, -0.2) is 6.04 Å². The summed E-state index contributed by atoms with van der Waals surface area (Å²) >= 11 is 0. The molecule has 2 nitrogen and oxygen atoms in total. The number of fused-ring (bicyclic) bond motifs is 4. The molecule has 6 aromatic rings. The van der Waals surface area contributed by atoms with Gasteiger partial charge in [-0.25, -0.2) is 0 Å². The summed E-state index contributed by atoms with van der Waals surface area (Å²) in [6.07, 6.45) is 7.75. The molecule has 2 heteroatoms. The van der Waals surface area contributed by atoms with Crippen LogP contribution in [0.5, 0.6) is 0 Å². The Labute approximate surface area is 235 Å². The molecule has 1 unspecified atom stereocenters. The molecule has 0 fully saturated rings. The zero-order valence-electron chi connectivity index (χ0n) is 23.2. The van der Waals surface area contributed by atoms with E-state index in [-0.39, 0.29) is 11.5 Å². The van der Waals surface area contributed by atoms with Crippen molar-refractivity contribution in [2.24, 2.45) is 0 Å². The van der Waals surface area contributed by atoms with E-state index in [9.17, 15) is 0 Å². The number of para-hydroxylation sites is 2. The normalized spacial score (nSPS) is 15.6. The van der Waals surface area contributed by atoms with Crippen LogP contribution in [0.1, 0.15) is 38.3 Å². The second-order valence-corrected chi connectivity index (χ2v) is 11.9. The van der Waals surface area contributed by atoms with Gasteiger partial charge >= 0.3 is 0 Å². The lowest BCUT2D eigenvalue weighted by atomic mass is 9.86. The molecule has 196 valence electrons. The van der Waals surface area contributed by atoms with Gasteiger partial charge in [0.05, 0.1) is 0 Å². The predicted octanol–water partition coefficient (Wildman–Crippen LogP) is 10.5. The SMILES string of the molecule is CC(C)(C)c1cccc2c1oc1c(C3=CCC(Nc4ccc(-c5ccc6ccccc6c5)cc4)C=C3)cccc12. The van der Waals surface area contributed by atoms with Gasteiger partial charge in [-0.2, -0.15) is 0 Å². The first kappa shape index (κ1) is 24.5. The summed E-state index contributed by atoms with van der Waals surface area (Å²) in [6, 6.07) is 37.2. The Hall–Kier alpha value is -4.56. The molecule has 0 saturated heterocycles. The van der Waals surface area contributed by atoms with E-state index < -0.39 is 0 Å². The molecule has 0 amide bonds. The van der Waals surface area contributed by atoms with Crippen molar-refractivity contribution in [1.29, 1.82) is 0 Å². The summed E-state index contributed by atoms with van der Waals surface area (Å²) in [4.78, 5) is 0. The van der Waals surface area contributed by atoms with Crippen LogP contribution in [-0.2, 0) is 5.41 Å². The molecule has 1 atom stereocenters. The van der Waals surface area contributed by atoms with Crippen molar-refractivity contribution >= 4 is 44.0 Å². The molecule has 7 rings (SSSR count). The highest BCUT2D eigenvalue weighted by atomic mass is 16.3. The smallest absolute Gasteiger partial charge is 0.143 e. The van der Waals surface area contributed by atoms with Crippen molar-refractivity contribution in [3.63, 3.8) is 0 Å². The van der Waals surface area contributed by atoms with Gasteiger partial charge in [0, 0.05) is 33.6 Å². The van der Waals surface area contributed by atoms with Crippen LogP contribution in [0, 0.1) is 0 Å². The summed E-state index contributed by atoms with van der Waals surface area (Å²) < 4.78 is 6.60. The first-order chi connectivity index (χ1) is 19.4. The van der Waals surface area contributed by atoms with Crippen LogP contribution in [0.2, 0.25) is 0 Å². The van der Waals surface area contributed by atoms with Crippen LogP contribution in [0.3, 0.4) is 0 Å². The van der Waals surface area contributed by atoms with Gasteiger partial charge in [0.1, 0.15) is 11.2 Å². The number of anilines is 1. The quantitative estimate of drug-likeness (QED) is 0.251. The van der Waals surface area contributed by atoms with Gasteiger partial charge in [0.15, 0.2) is 0 Å². The number of benzene rings is 5. The summed E-state index contributed by atoms with van der Waals surface area (Å²) in [5, 5.41) is 8.60. The zero-order chi connectivity index (χ0) is 27.3. The first-order valence-corrected chi connectivity index (χ1v) is 14.1. The average molecular weight is 520 g/mol. The molecule has 5 aromatic carbocycles. The van der Waals surface area contributed by atoms with E-state index in [0.717, 1.165) is 28.8 Å². The van der Waals surface area contributed by atoms with E-state index in [1.54, 1.807) is 0 Å². The van der Waals surface area contributed by atoms with Crippen molar-refractivity contribution in [3.05, 3.63) is 132 Å². The van der Waals surface area contributed by atoms with Gasteiger partial charge in [-0.15, -0.1) is 0 Å². The van der Waals surface area contributed by atoms with Gasteiger partial charge in [-0.3, -0.25) is 0 Å². The third-order valence-electron chi connectivity index (χ3n) is 8.06. The third kappa shape index (κ3) is 4.40. The second kappa shape index (κ2) is 9.57. The predicted molar refractivity (Wildman–Crippen MR) is 171 cm³/mol. The molecule has 1 aromatic heterocycles. The summed E-state index contributed by atoms with van der Waals surface area (Å²) in [5.41, 5.74) is 9.21. The van der Waals surface area contributed by atoms with Crippen LogP contribution in [0.15, 0.2) is 126 Å². The Balaban J connectivity index is 1.10. The van der Waals surface area contributed by atoms with Crippen molar-refractivity contribution in [3.8, 4) is 11.1 Å². The lowest BCUT2D eigenvalue weighted by Gasteiger charge is -2.19. The standard InChI is InChI=1S/C38H33NO/c1-38(2,3)35-13-7-12-34-33-11-6-10-32(36(33)40-37(34)35)27-18-22-31(23-19-27)39-30-20-16-26(17-21-30)29-15-14-25-8-4-5-9-28(25)24-29/h4-22,24,31,39H,23H2,1-3H3. The molecule has 40 heavy (non-hydrogen) atoms. The maximum Gasteiger partial charge on any atom is 0.143 e. The zero-order valence-corrected chi connectivity index (χ0v) is 23.2. The van der Waals surface area contributed by atoms with E-state index in [2.05, 4.69) is 147 Å². The number of allylic oxidation sites excluding steroid dienone is 2. The molecule has 0 spiro atoms. The molecular weight excluding hydrogens is 486 g/mol. The van der Waals surface area contributed by atoms with Crippen molar-refractivity contribution in [1.82, 2.24) is 0 Å². The molecule has 1 aliphatic carbocycles. The van der Waals surface area contributed by atoms with Gasteiger partial charge in [-0.05, 0) is 57.5 Å². The van der Waals surface area contributed by atoms with Gasteiger partial charge in [0.2, 0.25) is 0 Å². The van der Waals surface area contributed by atoms with Crippen LogP contribution in [0.25, 0.3) is 49.4 Å². The van der Waals surface area contributed by atoms with Gasteiger partial charge in [0.25, 0.3) is 0 Å². The van der Waals surface area contributed by atoms with Crippen molar-refractivity contribution in [2.75, 3.05) is 5.32 Å². The number of hydrogen-bond acceptors (Lipinski definition) is 2. The molecular formula is C38H33NO. The average Bonchev–Trinajstić information content (AvgIpc) is 3.36. The van der Waals surface area contributed by atoms with E-state index in [1.165, 1.54) is 43.8 Å². The third-order valence-corrected chi connectivity index (χ3v) is 8.06. The summed E-state index contributed by atoms with van der Waals surface area (Å²) in [7, 11) is 0. The highest BCUT2D eigenvalue weighted by Crippen LogP contribution is 2.39. The fourth-order valence-corrected chi connectivity index (χ4v) is 5.91. The fraction of sp³-hybridized carbons (Fsp3) is 0.158. The number of nitrogens with one attached hydrogen (secondary N) is 1. The van der Waals surface area contributed by atoms with Gasteiger partial charge < -0.3 is 9.73 Å². The maximum absolute atomic E-state index is 6.60. The fourth-order valence-electron chi connectivity index (χ4n) is 5.91. The highest BCUT2D eigenvalue weighted by Gasteiger charge is 2.22. The Morgan fingerprint density at radius 3 is 2.17 bits per heavy atom. The van der Waals surface area contributed by atoms with E-state index in [0.29, 0.717) is 0 Å². The largest absolute Gasteiger partial charge is 0.455 e. The second-order valence-electron chi connectivity index (χ2n) is 11.9. The maximum atomic E-state index is 6.60. The topological polar surface area (TPSA) is 25.2 Å². The number of hydrogen-bond donors (Lipinski definition) is 1. The summed E-state index contributed by atoms with van der Waals surface area (Å²) in [5.74, 6) is 0. The number of rotatable bonds is 4. The van der Waals surface area contributed by atoms with Crippen LogP contribution >= 0.6 is 0 Å². The summed E-state index contributed by atoms with van der Waals surface area (Å²) in [6.45, 7) is 6.73. The number of furan rings is 1. The Morgan fingerprint density at radius 1 is 0.700 bits per heavy atom. The molecule has 0 saturated carbocycles. The van der Waals surface area contributed by atoms with Crippen molar-refractivity contribution < 1.29 is 4.42 Å². The minimum absolute atomic E-state index is 0.0180. The molecule has 0 bridgehead atoms. The van der Waals surface area contributed by atoms with E-state index in [1.807, 2.05) is 0 Å². The minimum Gasteiger partial charge on any atom is -0.455 e. The molecule has 1 heterocycles. The van der Waals surface area contributed by atoms with Crippen molar-refractivity contribution in [2.45, 2.75) is 38.6 Å². The lowest BCUT2D eigenvalue weighted by Crippen LogP contribution is -2.17.